The van der Waals surface area contributed by atoms with Crippen LogP contribution in [0.4, 0.5) is 0 Å². The fourth-order valence-corrected chi connectivity index (χ4v) is 1.70. The monoisotopic (exact) mass is 215 g/mol. The molecule has 0 amide bonds. The summed E-state index contributed by atoms with van der Waals surface area (Å²) in [6, 6.07) is 0. The lowest BCUT2D eigenvalue weighted by Gasteiger charge is -2.27. The van der Waals surface area contributed by atoms with Crippen LogP contribution in [0.5, 0.6) is 0 Å². The van der Waals surface area contributed by atoms with Gasteiger partial charge in [0.1, 0.15) is 6.23 Å². The fourth-order valence-electron chi connectivity index (χ4n) is 1.70. The topological polar surface area (TPSA) is 23.5 Å². The van der Waals surface area contributed by atoms with Crippen molar-refractivity contribution in [3.05, 3.63) is 0 Å². The van der Waals surface area contributed by atoms with Crippen molar-refractivity contribution in [2.45, 2.75) is 71.9 Å². The minimum absolute atomic E-state index is 0.206. The van der Waals surface area contributed by atoms with E-state index in [1.165, 1.54) is 32.1 Å². The lowest BCUT2D eigenvalue weighted by atomic mass is 10.2. The van der Waals surface area contributed by atoms with Crippen LogP contribution >= 0.6 is 0 Å². The van der Waals surface area contributed by atoms with Gasteiger partial charge in [0.05, 0.1) is 0 Å². The first kappa shape index (κ1) is 14.9. The van der Waals surface area contributed by atoms with E-state index in [4.69, 9.17) is 0 Å². The van der Waals surface area contributed by atoms with Crippen molar-refractivity contribution >= 4 is 0 Å². The molecule has 0 aliphatic carbocycles. The number of hydrogen-bond acceptors (Lipinski definition) is 2. The molecule has 92 valence electrons. The smallest absolute Gasteiger partial charge is 0.107 e. The van der Waals surface area contributed by atoms with Crippen LogP contribution in [0.25, 0.3) is 0 Å². The van der Waals surface area contributed by atoms with Gasteiger partial charge in [-0.1, -0.05) is 40.0 Å². The molecule has 0 spiro atoms. The average Bonchev–Trinajstić information content (AvgIpc) is 2.26. The molecule has 0 aromatic carbocycles. The Morgan fingerprint density at radius 2 is 1.33 bits per heavy atom. The van der Waals surface area contributed by atoms with Crippen molar-refractivity contribution in [3.63, 3.8) is 0 Å². The zero-order chi connectivity index (χ0) is 11.5. The highest BCUT2D eigenvalue weighted by Crippen LogP contribution is 2.09. The molecule has 1 unspecified atom stereocenters. The van der Waals surface area contributed by atoms with E-state index < -0.39 is 0 Å². The van der Waals surface area contributed by atoms with Crippen LogP contribution in [0, 0.1) is 0 Å². The summed E-state index contributed by atoms with van der Waals surface area (Å²) < 4.78 is 0. The van der Waals surface area contributed by atoms with E-state index in [1.54, 1.807) is 0 Å². The fraction of sp³-hybridized carbons (Fsp3) is 1.00. The van der Waals surface area contributed by atoms with Gasteiger partial charge in [-0.3, -0.25) is 4.90 Å². The summed E-state index contributed by atoms with van der Waals surface area (Å²) in [5.41, 5.74) is 0. The van der Waals surface area contributed by atoms with Gasteiger partial charge in [-0.2, -0.15) is 0 Å². The van der Waals surface area contributed by atoms with Crippen molar-refractivity contribution in [3.8, 4) is 0 Å². The van der Waals surface area contributed by atoms with Crippen LogP contribution in [0.3, 0.4) is 0 Å². The van der Waals surface area contributed by atoms with Crippen LogP contribution in [-0.2, 0) is 0 Å². The van der Waals surface area contributed by atoms with E-state index in [1.807, 2.05) is 0 Å². The lowest BCUT2D eigenvalue weighted by Crippen LogP contribution is -2.36. The molecule has 2 heteroatoms. The first-order valence-corrected chi connectivity index (χ1v) is 6.68. The Balaban J connectivity index is 3.84. The number of rotatable bonds is 10. The summed E-state index contributed by atoms with van der Waals surface area (Å²) in [6.07, 6.45) is 7.86. The molecule has 1 atom stereocenters. The highest BCUT2D eigenvalue weighted by molar-refractivity contribution is 4.62. The SMILES string of the molecule is CCCCC(O)N(CCCC)CCCC. The van der Waals surface area contributed by atoms with Crippen LogP contribution < -0.4 is 0 Å². The van der Waals surface area contributed by atoms with E-state index in [0.717, 1.165) is 25.9 Å². The molecule has 0 rings (SSSR count). The molecular weight excluding hydrogens is 186 g/mol. The zero-order valence-electron chi connectivity index (χ0n) is 10.8. The van der Waals surface area contributed by atoms with Crippen molar-refractivity contribution in [2.75, 3.05) is 13.1 Å². The van der Waals surface area contributed by atoms with E-state index in [2.05, 4.69) is 25.7 Å². The summed E-state index contributed by atoms with van der Waals surface area (Å²) in [5, 5.41) is 10.0. The number of aliphatic hydroxyl groups excluding tert-OH is 1. The van der Waals surface area contributed by atoms with Gasteiger partial charge in [-0.15, -0.1) is 0 Å². The Bertz CT molecular complexity index is 120. The van der Waals surface area contributed by atoms with Gasteiger partial charge in [0.15, 0.2) is 0 Å². The average molecular weight is 215 g/mol. The minimum Gasteiger partial charge on any atom is -0.378 e. The normalized spacial score (nSPS) is 13.4. The van der Waals surface area contributed by atoms with Gasteiger partial charge < -0.3 is 5.11 Å². The van der Waals surface area contributed by atoms with Crippen LogP contribution in [0.1, 0.15) is 65.7 Å². The molecule has 15 heavy (non-hydrogen) atoms. The summed E-state index contributed by atoms with van der Waals surface area (Å²) in [5.74, 6) is 0. The Morgan fingerprint density at radius 3 is 1.73 bits per heavy atom. The number of nitrogens with zero attached hydrogens (tertiary/aromatic N) is 1. The largest absolute Gasteiger partial charge is 0.378 e. The molecule has 0 heterocycles. The van der Waals surface area contributed by atoms with Gasteiger partial charge in [-0.05, 0) is 25.7 Å². The first-order valence-electron chi connectivity index (χ1n) is 6.68. The standard InChI is InChI=1S/C13H29NO/c1-4-7-10-13(15)14(11-8-5-2)12-9-6-3/h13,15H,4-12H2,1-3H3. The Morgan fingerprint density at radius 1 is 0.867 bits per heavy atom. The van der Waals surface area contributed by atoms with Crippen LogP contribution in [0.15, 0.2) is 0 Å². The predicted molar refractivity (Wildman–Crippen MR) is 66.9 cm³/mol. The minimum atomic E-state index is -0.206. The first-order chi connectivity index (χ1) is 7.26. The number of hydrogen-bond donors (Lipinski definition) is 1. The predicted octanol–water partition coefficient (Wildman–Crippen LogP) is 3.40. The second-order valence-corrected chi connectivity index (χ2v) is 4.37. The quantitative estimate of drug-likeness (QED) is 0.565. The molecule has 1 N–H and O–H groups in total. The molecular formula is C13H29NO. The highest BCUT2D eigenvalue weighted by atomic mass is 16.3. The third-order valence-electron chi connectivity index (χ3n) is 2.84. The van der Waals surface area contributed by atoms with Crippen molar-refractivity contribution < 1.29 is 5.11 Å². The molecule has 0 radical (unpaired) electrons. The molecule has 0 saturated carbocycles. The molecule has 0 aromatic rings. The van der Waals surface area contributed by atoms with Gasteiger partial charge in [0.25, 0.3) is 0 Å². The molecule has 0 bridgehead atoms. The maximum Gasteiger partial charge on any atom is 0.107 e. The van der Waals surface area contributed by atoms with Crippen molar-refractivity contribution in [2.24, 2.45) is 0 Å². The third-order valence-corrected chi connectivity index (χ3v) is 2.84. The maximum absolute atomic E-state index is 10.0. The van der Waals surface area contributed by atoms with E-state index in [0.29, 0.717) is 0 Å². The summed E-state index contributed by atoms with van der Waals surface area (Å²) in [7, 11) is 0. The van der Waals surface area contributed by atoms with Crippen molar-refractivity contribution in [1.29, 1.82) is 0 Å². The maximum atomic E-state index is 10.0. The lowest BCUT2D eigenvalue weighted by molar-refractivity contribution is -0.00540. The molecule has 0 fully saturated rings. The van der Waals surface area contributed by atoms with E-state index >= 15 is 0 Å². The van der Waals surface area contributed by atoms with Gasteiger partial charge in [-0.25, -0.2) is 0 Å². The van der Waals surface area contributed by atoms with E-state index in [-0.39, 0.29) is 6.23 Å². The Hall–Kier alpha value is -0.0800. The number of aliphatic hydroxyl groups is 1. The van der Waals surface area contributed by atoms with Gasteiger partial charge >= 0.3 is 0 Å². The highest BCUT2D eigenvalue weighted by Gasteiger charge is 2.13. The van der Waals surface area contributed by atoms with Crippen LogP contribution in [0.2, 0.25) is 0 Å². The summed E-state index contributed by atoms with van der Waals surface area (Å²) >= 11 is 0. The Kier molecular flexibility index (Phi) is 10.4. The van der Waals surface area contributed by atoms with Gasteiger partial charge in [0, 0.05) is 13.1 Å². The molecule has 2 nitrogen and oxygen atoms in total. The molecule has 0 aromatic heterocycles. The van der Waals surface area contributed by atoms with Crippen molar-refractivity contribution in [1.82, 2.24) is 4.90 Å². The van der Waals surface area contributed by atoms with Gasteiger partial charge in [0.2, 0.25) is 0 Å². The summed E-state index contributed by atoms with van der Waals surface area (Å²) in [4.78, 5) is 2.25. The summed E-state index contributed by atoms with van der Waals surface area (Å²) in [6.45, 7) is 8.70. The molecule has 0 saturated heterocycles. The van der Waals surface area contributed by atoms with E-state index in [9.17, 15) is 5.11 Å². The molecule has 0 aliphatic rings. The number of unbranched alkanes of at least 4 members (excludes halogenated alkanes) is 3. The third kappa shape index (κ3) is 7.80. The zero-order valence-corrected chi connectivity index (χ0v) is 10.8. The Labute approximate surface area is 95.7 Å². The second kappa shape index (κ2) is 10.4. The second-order valence-electron chi connectivity index (χ2n) is 4.37. The molecule has 0 aliphatic heterocycles. The van der Waals surface area contributed by atoms with Crippen LogP contribution in [-0.4, -0.2) is 29.3 Å².